The zero-order valence-corrected chi connectivity index (χ0v) is 14.0. The highest BCUT2D eigenvalue weighted by atomic mass is 32.2. The van der Waals surface area contributed by atoms with Crippen molar-refractivity contribution in [1.29, 1.82) is 0 Å². The molecule has 8 heteroatoms. The normalized spacial score (nSPS) is 14.0. The van der Waals surface area contributed by atoms with E-state index in [4.69, 9.17) is 15.2 Å². The summed E-state index contributed by atoms with van der Waals surface area (Å²) in [6, 6.07) is 4.65. The van der Waals surface area contributed by atoms with Crippen LogP contribution in [0.4, 0.5) is 4.39 Å². The van der Waals surface area contributed by atoms with Gasteiger partial charge in [0.05, 0.1) is 17.8 Å². The number of halogens is 1. The van der Waals surface area contributed by atoms with Crippen LogP contribution in [0.25, 0.3) is 0 Å². The van der Waals surface area contributed by atoms with Crippen molar-refractivity contribution in [2.75, 3.05) is 20.3 Å². The van der Waals surface area contributed by atoms with Crippen LogP contribution in [0.3, 0.4) is 0 Å². The van der Waals surface area contributed by atoms with E-state index >= 15 is 0 Å². The van der Waals surface area contributed by atoms with Crippen molar-refractivity contribution >= 4 is 10.1 Å². The molecule has 1 aromatic carbocycles. The van der Waals surface area contributed by atoms with Gasteiger partial charge >= 0.3 is 0 Å². The topological polar surface area (TPSA) is 98.9 Å². The SMILES string of the molecule is COC(CCc1cc(C)ccc1S(=O)(=O)O)OC/C(=C\F)CN. The zero-order chi connectivity index (χ0) is 17.5. The summed E-state index contributed by atoms with van der Waals surface area (Å²) in [4.78, 5) is -0.135. The number of hydrogen-bond acceptors (Lipinski definition) is 5. The van der Waals surface area contributed by atoms with Gasteiger partial charge in [0.1, 0.15) is 0 Å². The minimum Gasteiger partial charge on any atom is -0.356 e. The Bertz CT molecular complexity index is 645. The first-order valence-corrected chi connectivity index (χ1v) is 8.45. The molecule has 0 aliphatic heterocycles. The summed E-state index contributed by atoms with van der Waals surface area (Å²) in [5.41, 5.74) is 6.97. The second-order valence-electron chi connectivity index (χ2n) is 5.07. The van der Waals surface area contributed by atoms with Crippen LogP contribution in [0.5, 0.6) is 0 Å². The number of aryl methyl sites for hydroxylation is 2. The number of nitrogens with two attached hydrogens (primary N) is 1. The van der Waals surface area contributed by atoms with Crippen molar-refractivity contribution in [3.63, 3.8) is 0 Å². The van der Waals surface area contributed by atoms with Gasteiger partial charge < -0.3 is 15.2 Å². The van der Waals surface area contributed by atoms with Gasteiger partial charge in [0.25, 0.3) is 10.1 Å². The van der Waals surface area contributed by atoms with E-state index in [2.05, 4.69) is 0 Å². The first-order valence-electron chi connectivity index (χ1n) is 7.01. The third kappa shape index (κ3) is 6.36. The average Bonchev–Trinajstić information content (AvgIpc) is 2.50. The van der Waals surface area contributed by atoms with Gasteiger partial charge in [-0.3, -0.25) is 4.55 Å². The van der Waals surface area contributed by atoms with Gasteiger partial charge in [-0.05, 0) is 30.5 Å². The molecule has 1 atom stereocenters. The highest BCUT2D eigenvalue weighted by molar-refractivity contribution is 7.85. The van der Waals surface area contributed by atoms with Gasteiger partial charge in [0.15, 0.2) is 6.29 Å². The lowest BCUT2D eigenvalue weighted by molar-refractivity contribution is -0.120. The average molecular weight is 347 g/mol. The second-order valence-corrected chi connectivity index (χ2v) is 6.46. The molecule has 23 heavy (non-hydrogen) atoms. The fourth-order valence-electron chi connectivity index (χ4n) is 2.03. The molecule has 0 saturated heterocycles. The minimum atomic E-state index is -4.30. The van der Waals surface area contributed by atoms with Gasteiger partial charge in [0, 0.05) is 20.1 Å². The monoisotopic (exact) mass is 347 g/mol. The molecule has 1 rings (SSSR count). The van der Waals surface area contributed by atoms with Gasteiger partial charge in [-0.1, -0.05) is 17.7 Å². The van der Waals surface area contributed by atoms with Gasteiger partial charge in [-0.25, -0.2) is 4.39 Å². The molecule has 0 aliphatic rings. The number of methoxy groups -OCH3 is 1. The molecule has 6 nitrogen and oxygen atoms in total. The molecule has 0 aliphatic carbocycles. The van der Waals surface area contributed by atoms with Crippen molar-refractivity contribution in [1.82, 2.24) is 0 Å². The van der Waals surface area contributed by atoms with Crippen LogP contribution in [0.2, 0.25) is 0 Å². The number of ether oxygens (including phenoxy) is 2. The maximum atomic E-state index is 12.4. The first-order chi connectivity index (χ1) is 10.8. The fraction of sp³-hybridized carbons (Fsp3) is 0.467. The Morgan fingerprint density at radius 1 is 1.48 bits per heavy atom. The summed E-state index contributed by atoms with van der Waals surface area (Å²) in [6.45, 7) is 1.85. The molecule has 0 bridgehead atoms. The molecule has 1 unspecified atom stereocenters. The van der Waals surface area contributed by atoms with E-state index in [1.54, 1.807) is 12.1 Å². The number of hydrogen-bond donors (Lipinski definition) is 2. The summed E-state index contributed by atoms with van der Waals surface area (Å²) in [7, 11) is -2.86. The maximum absolute atomic E-state index is 12.4. The smallest absolute Gasteiger partial charge is 0.294 e. The Labute approximate surface area is 135 Å². The van der Waals surface area contributed by atoms with Gasteiger partial charge in [0.2, 0.25) is 0 Å². The van der Waals surface area contributed by atoms with E-state index in [1.165, 1.54) is 13.2 Å². The van der Waals surface area contributed by atoms with Gasteiger partial charge in [-0.2, -0.15) is 8.42 Å². The molecule has 0 saturated carbocycles. The molecule has 0 spiro atoms. The quantitative estimate of drug-likeness (QED) is 0.523. The van der Waals surface area contributed by atoms with Crippen LogP contribution in [0.1, 0.15) is 17.5 Å². The highest BCUT2D eigenvalue weighted by Gasteiger charge is 2.17. The molecular formula is C15H22FNO5S. The lowest BCUT2D eigenvalue weighted by atomic mass is 10.1. The third-order valence-electron chi connectivity index (χ3n) is 3.28. The molecule has 1 aromatic rings. The van der Waals surface area contributed by atoms with Crippen molar-refractivity contribution in [2.24, 2.45) is 5.73 Å². The third-order valence-corrected chi connectivity index (χ3v) is 4.23. The predicted octanol–water partition coefficient (Wildman–Crippen LogP) is 1.98. The molecule has 130 valence electrons. The van der Waals surface area contributed by atoms with Crippen molar-refractivity contribution in [3.8, 4) is 0 Å². The summed E-state index contributed by atoms with van der Waals surface area (Å²) in [6.07, 6.45) is 0.398. The van der Waals surface area contributed by atoms with Crippen molar-refractivity contribution in [3.05, 3.63) is 41.2 Å². The zero-order valence-electron chi connectivity index (χ0n) is 13.2. The first kappa shape index (κ1) is 19.7. The molecule has 3 N–H and O–H groups in total. The summed E-state index contributed by atoms with van der Waals surface area (Å²) in [5, 5.41) is 0. The molecule has 0 radical (unpaired) electrons. The van der Waals surface area contributed by atoms with E-state index in [1.807, 2.05) is 6.92 Å². The Morgan fingerprint density at radius 2 is 2.17 bits per heavy atom. The van der Waals surface area contributed by atoms with E-state index in [0.29, 0.717) is 30.3 Å². The lowest BCUT2D eigenvalue weighted by Gasteiger charge is -2.17. The van der Waals surface area contributed by atoms with E-state index < -0.39 is 16.4 Å². The fourth-order valence-corrected chi connectivity index (χ4v) is 2.77. The van der Waals surface area contributed by atoms with Crippen LogP contribution < -0.4 is 5.73 Å². The van der Waals surface area contributed by atoms with Crippen molar-refractivity contribution < 1.29 is 26.8 Å². The van der Waals surface area contributed by atoms with E-state index in [0.717, 1.165) is 5.56 Å². The summed E-state index contributed by atoms with van der Waals surface area (Å²) < 4.78 is 55.0. The molecular weight excluding hydrogens is 325 g/mol. The molecule has 0 aromatic heterocycles. The highest BCUT2D eigenvalue weighted by Crippen LogP contribution is 2.20. The molecule has 0 amide bonds. The Morgan fingerprint density at radius 3 is 2.70 bits per heavy atom. The Balaban J connectivity index is 2.78. The number of rotatable bonds is 9. The Hall–Kier alpha value is -1.32. The second kappa shape index (κ2) is 9.09. The van der Waals surface area contributed by atoms with Crippen LogP contribution >= 0.6 is 0 Å². The summed E-state index contributed by atoms with van der Waals surface area (Å²) in [5.74, 6) is 0. The lowest BCUT2D eigenvalue weighted by Crippen LogP contribution is -2.20. The van der Waals surface area contributed by atoms with E-state index in [-0.39, 0.29) is 18.0 Å². The standard InChI is InChI=1S/C15H22FNO5S/c1-11-3-5-14(23(18,19)20)13(7-11)4-6-15(21-2)22-10-12(8-16)9-17/h3,5,7-8,15H,4,6,9-10,17H2,1-2H3,(H,18,19,20)/b12-8-. The predicted molar refractivity (Wildman–Crippen MR) is 84.3 cm³/mol. The molecule has 0 heterocycles. The largest absolute Gasteiger partial charge is 0.356 e. The molecule has 0 fully saturated rings. The van der Waals surface area contributed by atoms with Crippen LogP contribution in [0, 0.1) is 6.92 Å². The minimum absolute atomic E-state index is 0.00944. The summed E-state index contributed by atoms with van der Waals surface area (Å²) >= 11 is 0. The van der Waals surface area contributed by atoms with Crippen molar-refractivity contribution in [2.45, 2.75) is 31.0 Å². The van der Waals surface area contributed by atoms with Gasteiger partial charge in [-0.15, -0.1) is 0 Å². The Kier molecular flexibility index (Phi) is 7.80. The van der Waals surface area contributed by atoms with Crippen LogP contribution in [-0.2, 0) is 26.0 Å². The van der Waals surface area contributed by atoms with E-state index in [9.17, 15) is 17.4 Å². The maximum Gasteiger partial charge on any atom is 0.294 e. The number of benzene rings is 1. The van der Waals surface area contributed by atoms with Crippen LogP contribution in [-0.4, -0.2) is 39.5 Å². The van der Waals surface area contributed by atoms with Crippen LogP contribution in [0.15, 0.2) is 35.0 Å².